The molecule has 2 unspecified atom stereocenters. The maximum absolute atomic E-state index is 12.9. The van der Waals surface area contributed by atoms with E-state index in [1.807, 2.05) is 52.9 Å². The maximum Gasteiger partial charge on any atom is 0.293 e. The first-order chi connectivity index (χ1) is 28.9. The number of rotatable bonds is 9. The molecule has 3 aromatic heterocycles. The van der Waals surface area contributed by atoms with Gasteiger partial charge in [0.1, 0.15) is 5.69 Å². The molecule has 3 aliphatic rings. The van der Waals surface area contributed by atoms with E-state index in [0.29, 0.717) is 30.7 Å². The summed E-state index contributed by atoms with van der Waals surface area (Å²) in [5.41, 5.74) is 9.85. The molecule has 3 amide bonds. The van der Waals surface area contributed by atoms with Crippen molar-refractivity contribution in [1.82, 2.24) is 40.9 Å². The van der Waals surface area contributed by atoms with Crippen LogP contribution < -0.4 is 15.5 Å². The Hall–Kier alpha value is -6.21. The minimum Gasteiger partial charge on any atom is -0.369 e. The number of carbonyl (C=O) groups is 3. The molecule has 3 aromatic carbocycles. The van der Waals surface area contributed by atoms with E-state index in [0.717, 1.165) is 89.1 Å². The number of amides is 3. The van der Waals surface area contributed by atoms with Gasteiger partial charge in [-0.25, -0.2) is 4.98 Å². The van der Waals surface area contributed by atoms with Crippen LogP contribution in [0.2, 0.25) is 0 Å². The molecule has 13 nitrogen and oxygen atoms in total. The van der Waals surface area contributed by atoms with Crippen LogP contribution in [-0.2, 0) is 15.0 Å². The standard InChI is InChI=1S/C47H51N9O4/c1-27-22-32(12-15-37(27)28(2)49-45(59)43-51-46(60-54-43)47(3,4)5)41-39-25-34(26-48-42(39)53-52-41)30-10-13-35(14-11-30)55-18-20-56(21-19-55)36-23-33(24-36)29-6-8-31(9-7-29)38-16-17-40(57)50-44(38)58/h6-15,22,25-26,28,33,36,38H,16-21,23-24H2,1-5H3,(H,49,59)(H,48,52,53)(H,50,57,58). The second-order valence-corrected chi connectivity index (χ2v) is 17.7. The summed E-state index contributed by atoms with van der Waals surface area (Å²) in [6, 6.07) is 25.9. The van der Waals surface area contributed by atoms with Crippen molar-refractivity contribution in [2.24, 2.45) is 0 Å². The number of aromatic amines is 1. The number of hydrogen-bond acceptors (Lipinski definition) is 10. The summed E-state index contributed by atoms with van der Waals surface area (Å²) in [4.78, 5) is 50.9. The predicted octanol–water partition coefficient (Wildman–Crippen LogP) is 7.36. The number of piperidine rings is 1. The summed E-state index contributed by atoms with van der Waals surface area (Å²) in [5.74, 6) is 0.0240. The van der Waals surface area contributed by atoms with Crippen LogP contribution in [0.3, 0.4) is 0 Å². The number of benzene rings is 3. The average molecular weight is 806 g/mol. The molecule has 0 bridgehead atoms. The molecule has 0 spiro atoms. The molecular formula is C47H51N9O4. The van der Waals surface area contributed by atoms with Gasteiger partial charge in [0.05, 0.1) is 12.0 Å². The predicted molar refractivity (Wildman–Crippen MR) is 229 cm³/mol. The van der Waals surface area contributed by atoms with Crippen molar-refractivity contribution in [1.29, 1.82) is 0 Å². The number of aromatic nitrogens is 5. The third-order valence-corrected chi connectivity index (χ3v) is 12.6. The number of hydrogen-bond donors (Lipinski definition) is 3. The topological polar surface area (TPSA) is 162 Å². The van der Waals surface area contributed by atoms with Gasteiger partial charge in [0.25, 0.3) is 11.7 Å². The smallest absolute Gasteiger partial charge is 0.293 e. The van der Waals surface area contributed by atoms with E-state index in [1.54, 1.807) is 0 Å². The highest BCUT2D eigenvalue weighted by atomic mass is 16.5. The highest BCUT2D eigenvalue weighted by Crippen LogP contribution is 2.41. The van der Waals surface area contributed by atoms with Crippen LogP contribution in [0.4, 0.5) is 5.69 Å². The van der Waals surface area contributed by atoms with E-state index < -0.39 is 0 Å². The molecular weight excluding hydrogens is 755 g/mol. The first-order valence-electron chi connectivity index (χ1n) is 21.0. The van der Waals surface area contributed by atoms with Crippen molar-refractivity contribution < 1.29 is 18.9 Å². The fraction of sp³-hybridized carbons (Fsp3) is 0.383. The summed E-state index contributed by atoms with van der Waals surface area (Å²) in [6.45, 7) is 13.9. The molecule has 6 aromatic rings. The van der Waals surface area contributed by atoms with Crippen molar-refractivity contribution in [2.45, 2.75) is 89.6 Å². The fourth-order valence-electron chi connectivity index (χ4n) is 8.93. The zero-order valence-corrected chi connectivity index (χ0v) is 34.8. The van der Waals surface area contributed by atoms with Crippen LogP contribution in [0.5, 0.6) is 0 Å². The van der Waals surface area contributed by atoms with Crippen molar-refractivity contribution in [3.8, 4) is 22.4 Å². The summed E-state index contributed by atoms with van der Waals surface area (Å²) in [6.07, 6.45) is 5.20. The Morgan fingerprint density at radius 2 is 1.62 bits per heavy atom. The van der Waals surface area contributed by atoms with Crippen LogP contribution in [-0.4, -0.2) is 80.2 Å². The molecule has 2 saturated heterocycles. The largest absolute Gasteiger partial charge is 0.369 e. The van der Waals surface area contributed by atoms with Crippen molar-refractivity contribution in [2.75, 3.05) is 31.1 Å². The van der Waals surface area contributed by atoms with Gasteiger partial charge in [-0.15, -0.1) is 0 Å². The Morgan fingerprint density at radius 3 is 2.30 bits per heavy atom. The number of fused-ring (bicyclic) bond motifs is 1. The summed E-state index contributed by atoms with van der Waals surface area (Å²) in [5, 5.41) is 18.1. The number of aryl methyl sites for hydroxylation is 1. The zero-order chi connectivity index (χ0) is 41.7. The number of H-pyrrole nitrogens is 1. The quantitative estimate of drug-likeness (QED) is 0.126. The Kier molecular flexibility index (Phi) is 10.3. The summed E-state index contributed by atoms with van der Waals surface area (Å²) in [7, 11) is 0. The lowest BCUT2D eigenvalue weighted by atomic mass is 9.74. The molecule has 1 saturated carbocycles. The molecule has 2 aliphatic heterocycles. The van der Waals surface area contributed by atoms with E-state index in [2.05, 4.69) is 101 Å². The lowest BCUT2D eigenvalue weighted by molar-refractivity contribution is -0.134. The Morgan fingerprint density at radius 1 is 0.900 bits per heavy atom. The van der Waals surface area contributed by atoms with E-state index in [9.17, 15) is 14.4 Å². The molecule has 3 N–H and O–H groups in total. The third kappa shape index (κ3) is 7.81. The number of anilines is 1. The van der Waals surface area contributed by atoms with Crippen LogP contribution in [0.15, 0.2) is 83.5 Å². The van der Waals surface area contributed by atoms with Crippen LogP contribution in [0.1, 0.15) is 110 Å². The van der Waals surface area contributed by atoms with Gasteiger partial charge in [0.2, 0.25) is 17.7 Å². The number of nitrogens with one attached hydrogen (secondary N) is 3. The van der Waals surface area contributed by atoms with Crippen molar-refractivity contribution in [3.05, 3.63) is 113 Å². The normalized spacial score (nSPS) is 20.5. The second kappa shape index (κ2) is 15.8. The van der Waals surface area contributed by atoms with Crippen molar-refractivity contribution in [3.63, 3.8) is 0 Å². The van der Waals surface area contributed by atoms with E-state index >= 15 is 0 Å². The first-order valence-corrected chi connectivity index (χ1v) is 21.0. The molecule has 2 atom stereocenters. The van der Waals surface area contributed by atoms with E-state index in [1.165, 1.54) is 11.3 Å². The monoisotopic (exact) mass is 805 g/mol. The summed E-state index contributed by atoms with van der Waals surface area (Å²) >= 11 is 0. The van der Waals surface area contributed by atoms with Gasteiger partial charge >= 0.3 is 0 Å². The third-order valence-electron chi connectivity index (χ3n) is 12.6. The van der Waals surface area contributed by atoms with Gasteiger partial charge in [0, 0.05) is 72.5 Å². The molecule has 13 heteroatoms. The Bertz CT molecular complexity index is 2560. The van der Waals surface area contributed by atoms with Crippen LogP contribution >= 0.6 is 0 Å². The van der Waals surface area contributed by atoms with Gasteiger partial charge < -0.3 is 14.7 Å². The summed E-state index contributed by atoms with van der Waals surface area (Å²) < 4.78 is 5.31. The van der Waals surface area contributed by atoms with Gasteiger partial charge in [0.15, 0.2) is 5.65 Å². The average Bonchev–Trinajstić information content (AvgIpc) is 3.90. The van der Waals surface area contributed by atoms with Crippen LogP contribution in [0.25, 0.3) is 33.4 Å². The highest BCUT2D eigenvalue weighted by molar-refractivity contribution is 6.01. The molecule has 3 fully saturated rings. The second-order valence-electron chi connectivity index (χ2n) is 17.7. The number of piperazine rings is 1. The number of pyridine rings is 1. The van der Waals surface area contributed by atoms with Gasteiger partial charge in [-0.2, -0.15) is 10.1 Å². The minimum atomic E-state index is -0.383. The zero-order valence-electron chi connectivity index (χ0n) is 34.8. The highest BCUT2D eigenvalue weighted by Gasteiger charge is 2.36. The lowest BCUT2D eigenvalue weighted by Crippen LogP contribution is -2.53. The Labute approximate surface area is 349 Å². The lowest BCUT2D eigenvalue weighted by Gasteiger charge is -2.47. The van der Waals surface area contributed by atoms with E-state index in [4.69, 9.17) is 9.51 Å². The number of nitrogens with zero attached hydrogens (tertiary/aromatic N) is 6. The maximum atomic E-state index is 12.9. The number of carbonyl (C=O) groups excluding carboxylic acids is 3. The Balaban J connectivity index is 0.794. The number of imide groups is 1. The fourth-order valence-corrected chi connectivity index (χ4v) is 8.93. The molecule has 5 heterocycles. The molecule has 1 aliphatic carbocycles. The first kappa shape index (κ1) is 39.3. The molecule has 308 valence electrons. The van der Waals surface area contributed by atoms with Gasteiger partial charge in [-0.05, 0) is 91.1 Å². The van der Waals surface area contributed by atoms with Crippen molar-refractivity contribution >= 4 is 34.4 Å². The SMILES string of the molecule is Cc1cc(-c2n[nH]c3ncc(-c4ccc(N5CCN(C6CC(c7ccc(C8CCC(=O)NC8=O)cc7)C6)CC5)cc4)cc23)ccc1C(C)NC(=O)c1noc(C(C)(C)C)n1. The van der Waals surface area contributed by atoms with E-state index in [-0.39, 0.29) is 40.9 Å². The molecule has 9 rings (SSSR count). The molecule has 60 heavy (non-hydrogen) atoms. The van der Waals surface area contributed by atoms with Crippen LogP contribution in [0, 0.1) is 6.92 Å². The molecule has 0 radical (unpaired) electrons. The van der Waals surface area contributed by atoms with Gasteiger partial charge in [-0.1, -0.05) is 74.5 Å². The minimum absolute atomic E-state index is 0.0231. The van der Waals surface area contributed by atoms with Gasteiger partial charge in [-0.3, -0.25) is 29.7 Å².